The Bertz CT molecular complexity index is 1310. The van der Waals surface area contributed by atoms with Crippen LogP contribution in [0, 0.1) is 5.92 Å². The molecule has 1 fully saturated rings. The Hall–Kier alpha value is -3.92. The van der Waals surface area contributed by atoms with Gasteiger partial charge in [-0.15, -0.1) is 0 Å². The van der Waals surface area contributed by atoms with Crippen molar-refractivity contribution < 1.29 is 14.4 Å². The average molecular weight is 524 g/mol. The number of β-lactam (4-membered cyclic amide) rings is 1. The maximum atomic E-state index is 13.7. The van der Waals surface area contributed by atoms with Crippen molar-refractivity contribution in [3.63, 3.8) is 0 Å². The largest absolute Gasteiger partial charge is 0.373 e. The summed E-state index contributed by atoms with van der Waals surface area (Å²) in [6.45, 7) is 1.92. The molecular weight excluding hydrogens is 494 g/mol. The van der Waals surface area contributed by atoms with Crippen LogP contribution < -0.4 is 15.5 Å². The first-order valence-electron chi connectivity index (χ1n) is 12.0. The van der Waals surface area contributed by atoms with Gasteiger partial charge in [0.25, 0.3) is 5.91 Å². The van der Waals surface area contributed by atoms with Crippen LogP contribution in [-0.4, -0.2) is 57.4 Å². The quantitative estimate of drug-likeness (QED) is 0.438. The van der Waals surface area contributed by atoms with Gasteiger partial charge in [-0.25, -0.2) is 14.8 Å². The second-order valence-electron chi connectivity index (χ2n) is 8.96. The molecule has 37 heavy (non-hydrogen) atoms. The topological polar surface area (TPSA) is 112 Å². The second kappa shape index (κ2) is 11.0. The van der Waals surface area contributed by atoms with Gasteiger partial charge in [0.15, 0.2) is 0 Å². The van der Waals surface area contributed by atoms with Crippen LogP contribution >= 0.6 is 11.6 Å². The molecule has 3 atom stereocenters. The van der Waals surface area contributed by atoms with Crippen LogP contribution in [0.5, 0.6) is 0 Å². The minimum Gasteiger partial charge on any atom is -0.373 e. The molecule has 194 valence electrons. The van der Waals surface area contributed by atoms with Crippen LogP contribution in [-0.2, 0) is 23.1 Å². The number of aryl methyl sites for hydroxylation is 1. The monoisotopic (exact) mass is 523 g/mol. The summed E-state index contributed by atoms with van der Waals surface area (Å²) in [5.41, 5.74) is 1.65. The number of likely N-dealkylation sites (N-methyl/N-ethyl adjacent to an activating group) is 1. The van der Waals surface area contributed by atoms with Crippen LogP contribution in [0.25, 0.3) is 0 Å². The maximum absolute atomic E-state index is 13.7. The fourth-order valence-corrected chi connectivity index (χ4v) is 4.79. The predicted octanol–water partition coefficient (Wildman–Crippen LogP) is 3.40. The average Bonchev–Trinajstić information content (AvgIpc) is 3.33. The normalized spacial score (nSPS) is 17.6. The van der Waals surface area contributed by atoms with E-state index in [-0.39, 0.29) is 12.5 Å². The summed E-state index contributed by atoms with van der Waals surface area (Å²) in [6, 6.07) is 8.84. The van der Waals surface area contributed by atoms with E-state index in [4.69, 9.17) is 11.6 Å². The van der Waals surface area contributed by atoms with E-state index in [0.717, 1.165) is 16.0 Å². The number of halogens is 1. The summed E-state index contributed by atoms with van der Waals surface area (Å²) in [5.74, 6) is -0.450. The van der Waals surface area contributed by atoms with Crippen molar-refractivity contribution in [2.45, 2.75) is 31.8 Å². The fraction of sp³-hybridized carbons (Fsp3) is 0.346. The van der Waals surface area contributed by atoms with Crippen LogP contribution in [0.4, 0.5) is 16.6 Å². The first-order valence-corrected chi connectivity index (χ1v) is 12.4. The summed E-state index contributed by atoms with van der Waals surface area (Å²) in [7, 11) is 5.12. The summed E-state index contributed by atoms with van der Waals surface area (Å²) in [5, 5.41) is 6.43. The van der Waals surface area contributed by atoms with Crippen molar-refractivity contribution in [2.75, 3.05) is 24.3 Å². The van der Waals surface area contributed by atoms with Crippen molar-refractivity contribution in [1.82, 2.24) is 24.8 Å². The van der Waals surface area contributed by atoms with Crippen LogP contribution in [0.3, 0.4) is 0 Å². The van der Waals surface area contributed by atoms with Crippen LogP contribution in [0.1, 0.15) is 30.5 Å². The zero-order valence-electron chi connectivity index (χ0n) is 21.2. The number of aromatic nitrogens is 3. The Morgan fingerprint density at radius 1 is 1.19 bits per heavy atom. The third-order valence-electron chi connectivity index (χ3n) is 6.61. The number of hydrogen-bond donors (Lipinski definition) is 2. The molecule has 0 bridgehead atoms. The van der Waals surface area contributed by atoms with E-state index in [9.17, 15) is 14.4 Å². The SMILES string of the molecule is CC[C@@H](NC(=O)N1C(=O)[C@H](Cc2ccnc(NC)c2)[C@H]1C(=O)N(C)c1nccn1C)c1cccc(Cl)c1. The standard InChI is InChI=1S/C26H30ClN7O3/c1-5-20(17-7-6-8-18(27)15-17)31-26(37)34-22(24(36)33(4)25-30-11-12-32(25)3)19(23(34)35)13-16-9-10-29-21(14-16)28-2/h6-12,14-15,19-20,22H,5,13H2,1-4H3,(H,28,29)(H,31,37)/t19-,20-,22+/m1/s1. The summed E-state index contributed by atoms with van der Waals surface area (Å²) >= 11 is 6.14. The smallest absolute Gasteiger partial charge is 0.325 e. The molecule has 0 radical (unpaired) electrons. The van der Waals surface area contributed by atoms with Gasteiger partial charge in [-0.05, 0) is 48.2 Å². The number of imidazole rings is 1. The number of benzene rings is 1. The van der Waals surface area contributed by atoms with Crippen molar-refractivity contribution in [2.24, 2.45) is 13.0 Å². The number of anilines is 2. The number of carbonyl (C=O) groups is 3. The Labute approximate surface area is 220 Å². The first-order chi connectivity index (χ1) is 17.7. The van der Waals surface area contributed by atoms with Crippen molar-refractivity contribution >= 4 is 41.2 Å². The van der Waals surface area contributed by atoms with E-state index in [1.807, 2.05) is 19.1 Å². The number of carbonyl (C=O) groups excluding carboxylic acids is 3. The molecule has 1 aromatic carbocycles. The van der Waals surface area contributed by atoms with E-state index in [2.05, 4.69) is 20.6 Å². The molecule has 3 heterocycles. The van der Waals surface area contributed by atoms with Gasteiger partial charge in [0.1, 0.15) is 11.9 Å². The molecule has 1 aliphatic rings. The van der Waals surface area contributed by atoms with Crippen molar-refractivity contribution in [3.8, 4) is 0 Å². The number of amides is 4. The molecule has 0 spiro atoms. The maximum Gasteiger partial charge on any atom is 0.325 e. The zero-order valence-corrected chi connectivity index (χ0v) is 21.9. The lowest BCUT2D eigenvalue weighted by Gasteiger charge is -2.45. The third-order valence-corrected chi connectivity index (χ3v) is 6.84. The Morgan fingerprint density at radius 3 is 2.62 bits per heavy atom. The van der Waals surface area contributed by atoms with Gasteiger partial charge in [0.05, 0.1) is 12.0 Å². The van der Waals surface area contributed by atoms with Crippen molar-refractivity contribution in [1.29, 1.82) is 0 Å². The number of rotatable bonds is 8. The number of urea groups is 1. The highest BCUT2D eigenvalue weighted by atomic mass is 35.5. The first kappa shape index (κ1) is 26.2. The van der Waals surface area contributed by atoms with Gasteiger partial charge < -0.3 is 15.2 Å². The molecule has 3 aromatic rings. The van der Waals surface area contributed by atoms with Crippen molar-refractivity contribution in [3.05, 3.63) is 71.1 Å². The molecule has 0 aliphatic carbocycles. The Kier molecular flexibility index (Phi) is 7.77. The molecule has 10 nitrogen and oxygen atoms in total. The molecule has 2 aromatic heterocycles. The molecule has 0 saturated carbocycles. The summed E-state index contributed by atoms with van der Waals surface area (Å²) in [6.07, 6.45) is 5.81. The van der Waals surface area contributed by atoms with Gasteiger partial charge >= 0.3 is 6.03 Å². The zero-order chi connectivity index (χ0) is 26.7. The minimum atomic E-state index is -0.989. The van der Waals surface area contributed by atoms with Gasteiger partial charge in [0.2, 0.25) is 11.9 Å². The molecule has 1 aliphatic heterocycles. The molecule has 4 rings (SSSR count). The molecule has 4 amide bonds. The van der Waals surface area contributed by atoms with E-state index in [1.165, 1.54) is 4.90 Å². The van der Waals surface area contributed by atoms with Crippen LogP contribution in [0.15, 0.2) is 55.0 Å². The number of pyridine rings is 1. The van der Waals surface area contributed by atoms with Gasteiger partial charge in [-0.3, -0.25) is 19.4 Å². The lowest BCUT2D eigenvalue weighted by atomic mass is 9.81. The van der Waals surface area contributed by atoms with Gasteiger partial charge in [-0.1, -0.05) is 30.7 Å². The van der Waals surface area contributed by atoms with E-state index >= 15 is 0 Å². The van der Waals surface area contributed by atoms with E-state index in [1.54, 1.807) is 68.6 Å². The number of hydrogen-bond acceptors (Lipinski definition) is 6. The Balaban J connectivity index is 1.61. The summed E-state index contributed by atoms with van der Waals surface area (Å²) < 4.78 is 1.70. The Morgan fingerprint density at radius 2 is 1.97 bits per heavy atom. The number of nitrogens with zero attached hydrogens (tertiary/aromatic N) is 5. The molecule has 0 unspecified atom stereocenters. The lowest BCUT2D eigenvalue weighted by molar-refractivity contribution is -0.156. The highest BCUT2D eigenvalue weighted by Crippen LogP contribution is 2.33. The predicted molar refractivity (Wildman–Crippen MR) is 141 cm³/mol. The van der Waals surface area contributed by atoms with E-state index < -0.39 is 29.8 Å². The minimum absolute atomic E-state index is 0.288. The summed E-state index contributed by atoms with van der Waals surface area (Å²) in [4.78, 5) is 51.3. The van der Waals surface area contributed by atoms with Crippen LogP contribution in [0.2, 0.25) is 5.02 Å². The molecule has 11 heteroatoms. The molecular formula is C26H30ClN7O3. The number of nitrogens with one attached hydrogen (secondary N) is 2. The highest BCUT2D eigenvalue weighted by molar-refractivity contribution is 6.30. The van der Waals surface area contributed by atoms with Gasteiger partial charge in [0, 0.05) is 44.8 Å². The molecule has 2 N–H and O–H groups in total. The second-order valence-corrected chi connectivity index (χ2v) is 9.40. The highest BCUT2D eigenvalue weighted by Gasteiger charge is 2.55. The lowest BCUT2D eigenvalue weighted by Crippen LogP contribution is -2.70. The molecule has 1 saturated heterocycles. The van der Waals surface area contributed by atoms with Gasteiger partial charge in [-0.2, -0.15) is 0 Å². The van der Waals surface area contributed by atoms with E-state index in [0.29, 0.717) is 23.2 Å². The third kappa shape index (κ3) is 5.29. The fourth-order valence-electron chi connectivity index (χ4n) is 4.59. The number of imide groups is 1. The number of likely N-dealkylation sites (tertiary alicyclic amines) is 1.